The van der Waals surface area contributed by atoms with Gasteiger partial charge in [0.2, 0.25) is 0 Å². The largest absolute Gasteiger partial charge is 0.334 e. The van der Waals surface area contributed by atoms with Crippen LogP contribution in [-0.4, -0.2) is 6.04 Å². The summed E-state index contributed by atoms with van der Waals surface area (Å²) in [7, 11) is 0. The van der Waals surface area contributed by atoms with Gasteiger partial charge in [0.05, 0.1) is 6.04 Å². The van der Waals surface area contributed by atoms with Crippen LogP contribution in [0.2, 0.25) is 0 Å². The van der Waals surface area contributed by atoms with Gasteiger partial charge in [0, 0.05) is 31.5 Å². The fourth-order valence-corrected chi connectivity index (χ4v) is 10.3. The van der Waals surface area contributed by atoms with Crippen molar-refractivity contribution in [1.29, 1.82) is 0 Å². The fraction of sp³-hybridized carbons (Fsp3) is 0.0690. The van der Waals surface area contributed by atoms with E-state index in [-0.39, 0.29) is 6.04 Å². The van der Waals surface area contributed by atoms with Crippen LogP contribution >= 0.6 is 11.3 Å². The van der Waals surface area contributed by atoms with Crippen LogP contribution < -0.4 is 4.90 Å². The Kier molecular flexibility index (Phi) is 9.93. The Morgan fingerprint density at radius 1 is 0.517 bits per heavy atom. The van der Waals surface area contributed by atoms with Crippen molar-refractivity contribution in [1.82, 2.24) is 0 Å². The van der Waals surface area contributed by atoms with Crippen LogP contribution in [0, 0.1) is 0 Å². The predicted octanol–water partition coefficient (Wildman–Crippen LogP) is 16.7. The van der Waals surface area contributed by atoms with E-state index in [0.717, 1.165) is 35.4 Å². The van der Waals surface area contributed by atoms with Crippen molar-refractivity contribution in [2.75, 3.05) is 4.90 Å². The van der Waals surface area contributed by atoms with E-state index >= 15 is 0 Å². The first kappa shape index (κ1) is 37.3. The highest BCUT2D eigenvalue weighted by Gasteiger charge is 2.25. The van der Waals surface area contributed by atoms with Gasteiger partial charge in [-0.1, -0.05) is 176 Å². The molecule has 0 radical (unpaired) electrons. The number of hydrogen-bond donors (Lipinski definition) is 0. The Bertz CT molecular complexity index is 3240. The molecule has 288 valence electrons. The lowest BCUT2D eigenvalue weighted by Crippen LogP contribution is -2.33. The van der Waals surface area contributed by atoms with E-state index < -0.39 is 0 Å². The van der Waals surface area contributed by atoms with Crippen molar-refractivity contribution in [3.05, 3.63) is 231 Å². The molecule has 9 aromatic carbocycles. The van der Waals surface area contributed by atoms with Crippen LogP contribution in [0.3, 0.4) is 0 Å². The van der Waals surface area contributed by atoms with Gasteiger partial charge in [0.1, 0.15) is 0 Å². The third-order valence-electron chi connectivity index (χ3n) is 12.2. The summed E-state index contributed by atoms with van der Waals surface area (Å²) >= 11 is 1.87. The molecule has 2 heteroatoms. The van der Waals surface area contributed by atoms with E-state index in [1.165, 1.54) is 80.3 Å². The molecule has 0 aliphatic carbocycles. The summed E-state index contributed by atoms with van der Waals surface area (Å²) < 4.78 is 2.63. The lowest BCUT2D eigenvalue weighted by Gasteiger charge is -2.36. The first-order valence-electron chi connectivity index (χ1n) is 20.8. The Hall–Kier alpha value is -7.00. The van der Waals surface area contributed by atoms with Gasteiger partial charge in [-0.15, -0.1) is 17.9 Å². The van der Waals surface area contributed by atoms with Crippen LogP contribution in [0.25, 0.3) is 74.7 Å². The third-order valence-corrected chi connectivity index (χ3v) is 13.4. The van der Waals surface area contributed by atoms with Gasteiger partial charge in [-0.3, -0.25) is 0 Å². The molecule has 1 nitrogen and oxygen atoms in total. The molecule has 60 heavy (non-hydrogen) atoms. The lowest BCUT2D eigenvalue weighted by atomic mass is 9.91. The molecule has 0 N–H and O–H groups in total. The molecule has 10 rings (SSSR count). The summed E-state index contributed by atoms with van der Waals surface area (Å²) in [6.45, 7) is 13.7. The molecule has 0 aliphatic rings. The number of thiophene rings is 1. The summed E-state index contributed by atoms with van der Waals surface area (Å²) in [6.07, 6.45) is 4.46. The van der Waals surface area contributed by atoms with Gasteiger partial charge in [0.25, 0.3) is 0 Å². The van der Waals surface area contributed by atoms with Crippen molar-refractivity contribution >= 4 is 75.2 Å². The summed E-state index contributed by atoms with van der Waals surface area (Å²) in [4.78, 5) is 2.44. The van der Waals surface area contributed by atoms with Crippen molar-refractivity contribution in [3.63, 3.8) is 0 Å². The SMILES string of the molecule is C=CCC(C(=C)C(=C)CCc1ccc2ccccc2c1)N(c1ccc(-c2cc3ccccc3c3ccccc23)cc1)c1ccc(-c2cccc3c2sc2ccccc23)cc1. The first-order chi connectivity index (χ1) is 29.5. The van der Waals surface area contributed by atoms with Crippen molar-refractivity contribution in [2.45, 2.75) is 25.3 Å². The normalized spacial score (nSPS) is 12.0. The number of rotatable bonds is 12. The number of hydrogen-bond acceptors (Lipinski definition) is 2. The zero-order chi connectivity index (χ0) is 40.6. The molecule has 10 aromatic rings. The van der Waals surface area contributed by atoms with E-state index in [1.807, 2.05) is 17.4 Å². The van der Waals surface area contributed by atoms with E-state index in [0.29, 0.717) is 6.42 Å². The maximum absolute atomic E-state index is 4.77. The summed E-state index contributed by atoms with van der Waals surface area (Å²) in [5, 5.41) is 10.2. The minimum Gasteiger partial charge on any atom is -0.334 e. The smallest absolute Gasteiger partial charge is 0.0622 e. The molecular weight excluding hydrogens is 743 g/mol. The highest BCUT2D eigenvalue weighted by molar-refractivity contribution is 7.26. The summed E-state index contributed by atoms with van der Waals surface area (Å²) in [6, 6.07) is 68.6. The molecule has 0 spiro atoms. The van der Waals surface area contributed by atoms with Crippen LogP contribution in [0.1, 0.15) is 18.4 Å². The van der Waals surface area contributed by atoms with E-state index in [4.69, 9.17) is 6.58 Å². The van der Waals surface area contributed by atoms with Crippen molar-refractivity contribution in [2.24, 2.45) is 0 Å². The molecule has 1 atom stereocenters. The fourth-order valence-electron chi connectivity index (χ4n) is 9.03. The van der Waals surface area contributed by atoms with Crippen LogP contribution in [0.5, 0.6) is 0 Å². The quantitative estimate of drug-likeness (QED) is 0.0677. The topological polar surface area (TPSA) is 3.24 Å². The summed E-state index contributed by atoms with van der Waals surface area (Å²) in [5.74, 6) is 0. The van der Waals surface area contributed by atoms with Gasteiger partial charge < -0.3 is 4.90 Å². The zero-order valence-corrected chi connectivity index (χ0v) is 34.5. The molecular formula is C58H45NS. The van der Waals surface area contributed by atoms with E-state index in [9.17, 15) is 0 Å². The Morgan fingerprint density at radius 3 is 1.85 bits per heavy atom. The maximum atomic E-state index is 4.77. The van der Waals surface area contributed by atoms with Gasteiger partial charge >= 0.3 is 0 Å². The lowest BCUT2D eigenvalue weighted by molar-refractivity contribution is 0.746. The first-order valence-corrected chi connectivity index (χ1v) is 21.6. The highest BCUT2D eigenvalue weighted by atomic mass is 32.1. The number of anilines is 2. The second-order valence-corrected chi connectivity index (χ2v) is 16.8. The van der Waals surface area contributed by atoms with E-state index in [1.54, 1.807) is 0 Å². The zero-order valence-electron chi connectivity index (χ0n) is 33.7. The van der Waals surface area contributed by atoms with Crippen molar-refractivity contribution < 1.29 is 0 Å². The predicted molar refractivity (Wildman–Crippen MR) is 263 cm³/mol. The average molecular weight is 788 g/mol. The maximum Gasteiger partial charge on any atom is 0.0622 e. The molecule has 0 fully saturated rings. The molecule has 0 aliphatic heterocycles. The van der Waals surface area contributed by atoms with Crippen molar-refractivity contribution in [3.8, 4) is 22.3 Å². The van der Waals surface area contributed by atoms with E-state index in [2.05, 4.69) is 206 Å². The highest BCUT2D eigenvalue weighted by Crippen LogP contribution is 2.42. The average Bonchev–Trinajstić information content (AvgIpc) is 3.70. The minimum absolute atomic E-state index is 0.0872. The summed E-state index contributed by atoms with van der Waals surface area (Å²) in [5.41, 5.74) is 10.5. The number of aryl methyl sites for hydroxylation is 1. The van der Waals surface area contributed by atoms with Gasteiger partial charge in [-0.25, -0.2) is 0 Å². The van der Waals surface area contributed by atoms with Gasteiger partial charge in [-0.05, 0) is 121 Å². The Balaban J connectivity index is 1.03. The van der Waals surface area contributed by atoms with Gasteiger partial charge in [-0.2, -0.15) is 0 Å². The molecule has 0 bridgehead atoms. The molecule has 0 saturated heterocycles. The molecule has 1 aromatic heterocycles. The Morgan fingerprint density at radius 2 is 1.12 bits per heavy atom. The third kappa shape index (κ3) is 6.89. The van der Waals surface area contributed by atoms with Crippen LogP contribution in [0.4, 0.5) is 11.4 Å². The number of nitrogens with zero attached hydrogens (tertiary/aromatic N) is 1. The molecule has 0 saturated carbocycles. The second kappa shape index (κ2) is 16.0. The van der Waals surface area contributed by atoms with Gasteiger partial charge in [0.15, 0.2) is 0 Å². The molecule has 1 unspecified atom stereocenters. The number of fused-ring (bicyclic) bond motifs is 7. The molecule has 0 amide bonds. The van der Waals surface area contributed by atoms with Crippen LogP contribution in [0.15, 0.2) is 225 Å². The minimum atomic E-state index is -0.0872. The Labute approximate surface area is 356 Å². The second-order valence-electron chi connectivity index (χ2n) is 15.8. The molecule has 1 heterocycles. The van der Waals surface area contributed by atoms with Crippen LogP contribution in [-0.2, 0) is 6.42 Å². The standard InChI is InChI=1S/C58H45NS/c1-4-14-56(40(3)39(2)25-26-41-27-28-42-15-5-6-16-45(42)37-41)59(47-33-29-43(30-34-47)50-22-13-23-54-53-21-11-12-24-57(53)60-58(50)54)48-35-31-44(32-36-48)55-38-46-17-7-8-18-49(46)51-19-9-10-20-52(51)55/h4-13,15-24,27-38,56H,1-3,14,25-26H2. The number of benzene rings is 9. The monoisotopic (exact) mass is 787 g/mol.